The molecule has 1 saturated heterocycles. The Labute approximate surface area is 144 Å². The van der Waals surface area contributed by atoms with Crippen LogP contribution in [0.25, 0.3) is 0 Å². The van der Waals surface area contributed by atoms with Crippen LogP contribution in [0.15, 0.2) is 11.3 Å². The van der Waals surface area contributed by atoms with E-state index in [4.69, 9.17) is 9.47 Å². The summed E-state index contributed by atoms with van der Waals surface area (Å²) < 4.78 is 11.7. The van der Waals surface area contributed by atoms with Crippen LogP contribution in [0.5, 0.6) is 0 Å². The van der Waals surface area contributed by atoms with Crippen molar-refractivity contribution < 1.29 is 14.3 Å². The van der Waals surface area contributed by atoms with Gasteiger partial charge in [0.05, 0.1) is 6.61 Å². The van der Waals surface area contributed by atoms with Gasteiger partial charge in [0.2, 0.25) is 8.32 Å². The average Bonchev–Trinajstić information content (AvgIpc) is 2.54. The maximum absolute atomic E-state index is 11.5. The Kier molecular flexibility index (Phi) is 9.67. The summed E-state index contributed by atoms with van der Waals surface area (Å²) in [6, 6.07) is 0. The Morgan fingerprint density at radius 1 is 1.22 bits per heavy atom. The molecule has 3 nitrogen and oxygen atoms in total. The fourth-order valence-corrected chi connectivity index (χ4v) is 7.04. The highest BCUT2D eigenvalue weighted by molar-refractivity contribution is 6.82. The van der Waals surface area contributed by atoms with Gasteiger partial charge in [-0.25, -0.2) is 0 Å². The van der Waals surface area contributed by atoms with Crippen molar-refractivity contribution in [3.05, 3.63) is 11.3 Å². The van der Waals surface area contributed by atoms with Crippen LogP contribution in [0, 0.1) is 0 Å². The van der Waals surface area contributed by atoms with E-state index in [1.54, 1.807) is 0 Å². The topological polar surface area (TPSA) is 38.7 Å². The molecule has 0 saturated carbocycles. The largest absolute Gasteiger partial charge is 0.427 e. The molecular weight excluding hydrogens is 304 g/mol. The monoisotopic (exact) mass is 342 g/mol. The molecule has 1 fully saturated rings. The van der Waals surface area contributed by atoms with Crippen LogP contribution in [0.2, 0.25) is 11.1 Å². The van der Waals surface area contributed by atoms with Gasteiger partial charge in [-0.1, -0.05) is 53.5 Å². The lowest BCUT2D eigenvalue weighted by Crippen LogP contribution is -2.46. The van der Waals surface area contributed by atoms with Gasteiger partial charge in [0, 0.05) is 6.61 Å². The zero-order valence-corrected chi connectivity index (χ0v) is 16.9. The van der Waals surface area contributed by atoms with E-state index in [0.29, 0.717) is 17.7 Å². The van der Waals surface area contributed by atoms with Gasteiger partial charge >= 0.3 is 0 Å². The maximum atomic E-state index is 11.5. The number of allylic oxidation sites excluding steroid dienone is 1. The summed E-state index contributed by atoms with van der Waals surface area (Å²) >= 11 is 0. The summed E-state index contributed by atoms with van der Waals surface area (Å²) in [6.45, 7) is 12.2. The van der Waals surface area contributed by atoms with Crippen LogP contribution in [-0.2, 0) is 9.47 Å². The molecule has 1 N–H and O–H groups in total. The lowest BCUT2D eigenvalue weighted by molar-refractivity contribution is -0.156. The molecule has 136 valence electrons. The van der Waals surface area contributed by atoms with Gasteiger partial charge in [0.25, 0.3) is 0 Å². The van der Waals surface area contributed by atoms with E-state index in [0.717, 1.165) is 25.9 Å². The quantitative estimate of drug-likeness (QED) is 0.430. The first-order chi connectivity index (χ1) is 10.9. The third-order valence-electron chi connectivity index (χ3n) is 5.04. The minimum Gasteiger partial charge on any atom is -0.427 e. The number of hydrogen-bond donors (Lipinski definition) is 1. The summed E-state index contributed by atoms with van der Waals surface area (Å²) in [6.07, 6.45) is 10.2. The molecule has 1 aliphatic rings. The van der Waals surface area contributed by atoms with Gasteiger partial charge in [0.15, 0.2) is 6.29 Å². The van der Waals surface area contributed by atoms with Crippen molar-refractivity contribution in [2.75, 3.05) is 13.2 Å². The number of unbranched alkanes of at least 4 members (excludes halogenated alkanes) is 3. The smallest absolute Gasteiger partial charge is 0.223 e. The molecule has 1 unspecified atom stereocenters. The van der Waals surface area contributed by atoms with Crippen molar-refractivity contribution >= 4 is 8.32 Å². The van der Waals surface area contributed by atoms with Gasteiger partial charge < -0.3 is 14.3 Å². The molecule has 1 atom stereocenters. The number of hydrogen-bond acceptors (Lipinski definition) is 3. The van der Waals surface area contributed by atoms with Gasteiger partial charge in [-0.2, -0.15) is 0 Å². The summed E-state index contributed by atoms with van der Waals surface area (Å²) in [5.74, 6) is 0. The van der Waals surface area contributed by atoms with Crippen LogP contribution in [0.3, 0.4) is 0 Å². The molecule has 23 heavy (non-hydrogen) atoms. The van der Waals surface area contributed by atoms with Gasteiger partial charge in [0.1, 0.15) is 0 Å². The molecule has 0 aromatic carbocycles. The molecule has 1 heterocycles. The number of rotatable bonds is 10. The molecule has 0 aliphatic carbocycles. The third kappa shape index (κ3) is 6.33. The molecule has 4 heteroatoms. The van der Waals surface area contributed by atoms with Crippen LogP contribution in [0.1, 0.15) is 79.6 Å². The Bertz CT molecular complexity index is 339. The fraction of sp³-hybridized carbons (Fsp3) is 0.895. The zero-order chi connectivity index (χ0) is 17.3. The van der Waals surface area contributed by atoms with Gasteiger partial charge in [-0.05, 0) is 48.4 Å². The first-order valence-corrected chi connectivity index (χ1v) is 11.7. The van der Waals surface area contributed by atoms with Crippen LogP contribution >= 0.6 is 0 Å². The van der Waals surface area contributed by atoms with E-state index in [2.05, 4.69) is 40.7 Å². The highest BCUT2D eigenvalue weighted by Crippen LogP contribution is 2.36. The highest BCUT2D eigenvalue weighted by atomic mass is 28.4. The van der Waals surface area contributed by atoms with Gasteiger partial charge in [-0.3, -0.25) is 0 Å². The summed E-state index contributed by atoms with van der Waals surface area (Å²) in [5.41, 5.74) is 0.603. The molecule has 1 aliphatic heterocycles. The van der Waals surface area contributed by atoms with Crippen LogP contribution in [0.4, 0.5) is 0 Å². The summed E-state index contributed by atoms with van der Waals surface area (Å²) in [5, 5.41) is 1.17. The third-order valence-corrected chi connectivity index (χ3v) is 9.93. The zero-order valence-electron chi connectivity index (χ0n) is 15.9. The predicted molar refractivity (Wildman–Crippen MR) is 99.9 cm³/mol. The van der Waals surface area contributed by atoms with E-state index in [9.17, 15) is 4.80 Å². The standard InChI is InChI=1S/C19H38O3Si/c1-6-7-8-9-12-18(23(20,16(2)3)17(4)5)15-22-19-13-10-11-14-21-19/h12,16-17,19-20H,6-11,13-15H2,1-5H3/b18-12+. The van der Waals surface area contributed by atoms with Crippen molar-refractivity contribution in [3.8, 4) is 0 Å². The molecule has 0 bridgehead atoms. The Morgan fingerprint density at radius 3 is 2.43 bits per heavy atom. The highest BCUT2D eigenvalue weighted by Gasteiger charge is 2.42. The Morgan fingerprint density at radius 2 is 1.91 bits per heavy atom. The van der Waals surface area contributed by atoms with E-state index in [-0.39, 0.29) is 6.29 Å². The molecule has 0 radical (unpaired) electrons. The second-order valence-corrected chi connectivity index (χ2v) is 12.1. The van der Waals surface area contributed by atoms with Crippen LogP contribution < -0.4 is 0 Å². The molecule has 0 aromatic heterocycles. The van der Waals surface area contributed by atoms with Crippen molar-refractivity contribution in [1.82, 2.24) is 0 Å². The van der Waals surface area contributed by atoms with Gasteiger partial charge in [-0.15, -0.1) is 0 Å². The minimum absolute atomic E-state index is 0.0830. The minimum atomic E-state index is -2.50. The normalized spacial score (nSPS) is 20.5. The lowest BCUT2D eigenvalue weighted by atomic mass is 10.2. The molecule has 1 rings (SSSR count). The first kappa shape index (κ1) is 20.9. The summed E-state index contributed by atoms with van der Waals surface area (Å²) in [4.78, 5) is 11.5. The van der Waals surface area contributed by atoms with E-state index < -0.39 is 8.32 Å². The average molecular weight is 343 g/mol. The van der Waals surface area contributed by atoms with E-state index >= 15 is 0 Å². The SMILES string of the molecule is CCCCC/C=C(\COC1CCCCO1)[Si](O)(C(C)C)C(C)C. The predicted octanol–water partition coefficient (Wildman–Crippen LogP) is 5.33. The molecule has 0 amide bonds. The Hall–Kier alpha value is -0.163. The first-order valence-electron chi connectivity index (χ1n) is 9.57. The van der Waals surface area contributed by atoms with Crippen molar-refractivity contribution in [3.63, 3.8) is 0 Å². The second-order valence-electron chi connectivity index (χ2n) is 7.47. The summed E-state index contributed by atoms with van der Waals surface area (Å²) in [7, 11) is -2.50. The van der Waals surface area contributed by atoms with Crippen molar-refractivity contribution in [2.24, 2.45) is 0 Å². The van der Waals surface area contributed by atoms with E-state index in [1.807, 2.05) is 0 Å². The Balaban J connectivity index is 2.77. The van der Waals surface area contributed by atoms with Crippen LogP contribution in [-0.4, -0.2) is 32.6 Å². The van der Waals surface area contributed by atoms with Crippen molar-refractivity contribution in [2.45, 2.75) is 96.9 Å². The maximum Gasteiger partial charge on any atom is 0.223 e. The number of ether oxygens (including phenoxy) is 2. The lowest BCUT2D eigenvalue weighted by Gasteiger charge is -2.36. The van der Waals surface area contributed by atoms with Crippen molar-refractivity contribution in [1.29, 1.82) is 0 Å². The molecule has 0 spiro atoms. The fourth-order valence-electron chi connectivity index (χ4n) is 3.44. The van der Waals surface area contributed by atoms with E-state index in [1.165, 1.54) is 30.9 Å². The molecular formula is C19H38O3Si. The second kappa shape index (κ2) is 10.6. The molecule has 0 aromatic rings.